The standard InChI is InChI=1S/C15H22N2O/c1-9(2)16-11(4)15(18)14-10(3)17-13-8-6-5-7-12(13)14/h5-9,11,15-18H,1-4H3. The van der Waals surface area contributed by atoms with Gasteiger partial charge in [-0.3, -0.25) is 0 Å². The molecule has 0 fully saturated rings. The van der Waals surface area contributed by atoms with E-state index < -0.39 is 6.10 Å². The summed E-state index contributed by atoms with van der Waals surface area (Å²) in [7, 11) is 0. The van der Waals surface area contributed by atoms with Crippen LogP contribution < -0.4 is 5.32 Å². The average Bonchev–Trinajstić information content (AvgIpc) is 2.63. The summed E-state index contributed by atoms with van der Waals surface area (Å²) in [5.41, 5.74) is 3.13. The van der Waals surface area contributed by atoms with Crippen molar-refractivity contribution in [2.45, 2.75) is 45.9 Å². The van der Waals surface area contributed by atoms with Gasteiger partial charge in [-0.1, -0.05) is 32.0 Å². The van der Waals surface area contributed by atoms with Gasteiger partial charge in [-0.25, -0.2) is 0 Å². The molecule has 2 atom stereocenters. The van der Waals surface area contributed by atoms with Gasteiger partial charge in [0.1, 0.15) is 0 Å². The number of aromatic amines is 1. The molecular weight excluding hydrogens is 224 g/mol. The van der Waals surface area contributed by atoms with Gasteiger partial charge in [-0.15, -0.1) is 0 Å². The third kappa shape index (κ3) is 2.42. The van der Waals surface area contributed by atoms with E-state index in [-0.39, 0.29) is 6.04 Å². The zero-order valence-corrected chi connectivity index (χ0v) is 11.5. The molecule has 98 valence electrons. The summed E-state index contributed by atoms with van der Waals surface area (Å²) in [6, 6.07) is 8.50. The van der Waals surface area contributed by atoms with Crippen molar-refractivity contribution in [3.8, 4) is 0 Å². The third-order valence-corrected chi connectivity index (χ3v) is 3.31. The van der Waals surface area contributed by atoms with E-state index in [4.69, 9.17) is 0 Å². The monoisotopic (exact) mass is 246 g/mol. The fraction of sp³-hybridized carbons (Fsp3) is 0.467. The quantitative estimate of drug-likeness (QED) is 0.777. The number of rotatable bonds is 4. The normalized spacial score (nSPS) is 15.2. The van der Waals surface area contributed by atoms with Crippen molar-refractivity contribution >= 4 is 10.9 Å². The van der Waals surface area contributed by atoms with Crippen LogP contribution >= 0.6 is 0 Å². The Morgan fingerprint density at radius 2 is 1.83 bits per heavy atom. The van der Waals surface area contributed by atoms with Crippen LogP contribution in [-0.2, 0) is 0 Å². The third-order valence-electron chi connectivity index (χ3n) is 3.31. The Morgan fingerprint density at radius 3 is 2.50 bits per heavy atom. The van der Waals surface area contributed by atoms with Crippen LogP contribution in [-0.4, -0.2) is 22.2 Å². The number of fused-ring (bicyclic) bond motifs is 1. The lowest BCUT2D eigenvalue weighted by atomic mass is 10.00. The Labute approximate surface area is 108 Å². The molecule has 0 bridgehead atoms. The minimum absolute atomic E-state index is 0.0305. The molecule has 2 aromatic rings. The molecule has 18 heavy (non-hydrogen) atoms. The summed E-state index contributed by atoms with van der Waals surface area (Å²) in [4.78, 5) is 3.33. The molecule has 2 unspecified atom stereocenters. The smallest absolute Gasteiger partial charge is 0.0963 e. The topological polar surface area (TPSA) is 48.0 Å². The fourth-order valence-electron chi connectivity index (χ4n) is 2.55. The average molecular weight is 246 g/mol. The molecule has 0 aliphatic rings. The number of nitrogens with one attached hydrogen (secondary N) is 2. The van der Waals surface area contributed by atoms with Crippen molar-refractivity contribution in [3.63, 3.8) is 0 Å². The molecule has 0 spiro atoms. The lowest BCUT2D eigenvalue weighted by Gasteiger charge is -2.23. The first-order chi connectivity index (χ1) is 8.50. The fourth-order valence-corrected chi connectivity index (χ4v) is 2.55. The van der Waals surface area contributed by atoms with Gasteiger partial charge >= 0.3 is 0 Å². The highest BCUT2D eigenvalue weighted by Crippen LogP contribution is 2.29. The molecule has 0 aliphatic carbocycles. The van der Waals surface area contributed by atoms with Crippen LogP contribution in [0.4, 0.5) is 0 Å². The zero-order valence-electron chi connectivity index (χ0n) is 11.5. The van der Waals surface area contributed by atoms with Gasteiger partial charge in [0, 0.05) is 34.2 Å². The van der Waals surface area contributed by atoms with E-state index in [2.05, 4.69) is 30.2 Å². The molecule has 3 nitrogen and oxygen atoms in total. The molecule has 3 heteroatoms. The number of benzene rings is 1. The number of para-hydroxylation sites is 1. The van der Waals surface area contributed by atoms with Gasteiger partial charge in [-0.05, 0) is 19.9 Å². The van der Waals surface area contributed by atoms with Gasteiger partial charge in [0.15, 0.2) is 0 Å². The highest BCUT2D eigenvalue weighted by atomic mass is 16.3. The zero-order chi connectivity index (χ0) is 13.3. The first kappa shape index (κ1) is 13.1. The van der Waals surface area contributed by atoms with Crippen LogP contribution in [0.1, 0.15) is 38.1 Å². The van der Waals surface area contributed by atoms with Gasteiger partial charge < -0.3 is 15.4 Å². The maximum atomic E-state index is 10.5. The maximum Gasteiger partial charge on any atom is 0.0963 e. The molecule has 0 radical (unpaired) electrons. The van der Waals surface area contributed by atoms with Crippen molar-refractivity contribution < 1.29 is 5.11 Å². The largest absolute Gasteiger partial charge is 0.387 e. The molecule has 0 saturated heterocycles. The Kier molecular flexibility index (Phi) is 3.73. The maximum absolute atomic E-state index is 10.5. The van der Waals surface area contributed by atoms with E-state index in [9.17, 15) is 5.11 Å². The Bertz CT molecular complexity index is 530. The van der Waals surface area contributed by atoms with Crippen LogP contribution in [0.15, 0.2) is 24.3 Å². The summed E-state index contributed by atoms with van der Waals surface area (Å²) in [6.07, 6.45) is -0.497. The molecule has 1 aromatic carbocycles. The highest BCUT2D eigenvalue weighted by Gasteiger charge is 2.22. The Hall–Kier alpha value is -1.32. The second kappa shape index (κ2) is 5.12. The minimum Gasteiger partial charge on any atom is -0.387 e. The Morgan fingerprint density at radius 1 is 1.17 bits per heavy atom. The summed E-state index contributed by atoms with van der Waals surface area (Å²) in [6.45, 7) is 8.21. The SMILES string of the molecule is Cc1[nH]c2ccccc2c1C(O)C(C)NC(C)C. The van der Waals surface area contributed by atoms with E-state index in [0.717, 1.165) is 22.2 Å². The van der Waals surface area contributed by atoms with Crippen LogP contribution in [0.25, 0.3) is 10.9 Å². The number of hydrogen-bond donors (Lipinski definition) is 3. The van der Waals surface area contributed by atoms with Crippen molar-refractivity contribution in [3.05, 3.63) is 35.5 Å². The summed E-state index contributed by atoms with van der Waals surface area (Å²) >= 11 is 0. The summed E-state index contributed by atoms with van der Waals surface area (Å²) < 4.78 is 0. The molecule has 0 aliphatic heterocycles. The predicted octanol–water partition coefficient (Wildman–Crippen LogP) is 2.90. The molecule has 1 aromatic heterocycles. The van der Waals surface area contributed by atoms with E-state index in [0.29, 0.717) is 6.04 Å². The van der Waals surface area contributed by atoms with E-state index >= 15 is 0 Å². The first-order valence-electron chi connectivity index (χ1n) is 6.52. The van der Waals surface area contributed by atoms with Gasteiger partial charge in [0.25, 0.3) is 0 Å². The lowest BCUT2D eigenvalue weighted by Crippen LogP contribution is -2.37. The van der Waals surface area contributed by atoms with Crippen molar-refractivity contribution in [2.75, 3.05) is 0 Å². The molecular formula is C15H22N2O. The lowest BCUT2D eigenvalue weighted by molar-refractivity contribution is 0.132. The number of hydrogen-bond acceptors (Lipinski definition) is 2. The van der Waals surface area contributed by atoms with E-state index in [1.54, 1.807) is 0 Å². The van der Waals surface area contributed by atoms with Crippen molar-refractivity contribution in [1.82, 2.24) is 10.3 Å². The predicted molar refractivity (Wildman–Crippen MR) is 75.7 cm³/mol. The summed E-state index contributed by atoms with van der Waals surface area (Å²) in [5.74, 6) is 0. The van der Waals surface area contributed by atoms with Crippen molar-refractivity contribution in [1.29, 1.82) is 0 Å². The Balaban J connectivity index is 2.38. The summed E-state index contributed by atoms with van der Waals surface area (Å²) in [5, 5.41) is 15.0. The van der Waals surface area contributed by atoms with E-state index in [1.807, 2.05) is 32.0 Å². The van der Waals surface area contributed by atoms with Crippen molar-refractivity contribution in [2.24, 2.45) is 0 Å². The van der Waals surface area contributed by atoms with Gasteiger partial charge in [0.05, 0.1) is 6.10 Å². The highest BCUT2D eigenvalue weighted by molar-refractivity contribution is 5.85. The molecule has 0 amide bonds. The van der Waals surface area contributed by atoms with E-state index in [1.165, 1.54) is 0 Å². The molecule has 3 N–H and O–H groups in total. The second-order valence-corrected chi connectivity index (χ2v) is 5.26. The van der Waals surface area contributed by atoms with Crippen LogP contribution in [0, 0.1) is 6.92 Å². The van der Waals surface area contributed by atoms with Crippen LogP contribution in [0.5, 0.6) is 0 Å². The second-order valence-electron chi connectivity index (χ2n) is 5.26. The molecule has 2 rings (SSSR count). The molecule has 0 saturated carbocycles. The number of aromatic nitrogens is 1. The molecule has 1 heterocycles. The minimum atomic E-state index is -0.497. The van der Waals surface area contributed by atoms with Gasteiger partial charge in [0.2, 0.25) is 0 Å². The number of aliphatic hydroxyl groups excluding tert-OH is 1. The van der Waals surface area contributed by atoms with Gasteiger partial charge in [-0.2, -0.15) is 0 Å². The number of H-pyrrole nitrogens is 1. The number of aryl methyl sites for hydroxylation is 1. The first-order valence-corrected chi connectivity index (χ1v) is 6.52. The number of aliphatic hydroxyl groups is 1. The van der Waals surface area contributed by atoms with Crippen LogP contribution in [0.3, 0.4) is 0 Å². The van der Waals surface area contributed by atoms with Crippen LogP contribution in [0.2, 0.25) is 0 Å².